The number of rotatable bonds is 6. The van der Waals surface area contributed by atoms with Crippen molar-refractivity contribution in [1.29, 1.82) is 0 Å². The van der Waals surface area contributed by atoms with Crippen LogP contribution in [-0.2, 0) is 23.0 Å². The third-order valence-electron chi connectivity index (χ3n) is 5.30. The molecule has 0 aliphatic heterocycles. The van der Waals surface area contributed by atoms with Crippen molar-refractivity contribution in [2.24, 2.45) is 0 Å². The maximum atomic E-state index is 15.2. The van der Waals surface area contributed by atoms with Crippen molar-refractivity contribution >= 4 is 79.4 Å². The van der Waals surface area contributed by atoms with E-state index in [1.54, 1.807) is 22.9 Å². The summed E-state index contributed by atoms with van der Waals surface area (Å²) in [7, 11) is -4.29. The average molecular weight is 616 g/mol. The maximum Gasteiger partial charge on any atom is 0.329 e. The topological polar surface area (TPSA) is 93.1 Å². The van der Waals surface area contributed by atoms with E-state index < -0.39 is 34.6 Å². The zero-order valence-corrected chi connectivity index (χ0v) is 22.7. The number of aromatic nitrogens is 2. The third-order valence-corrected chi connectivity index (χ3v) is 9.55. The molecule has 0 bridgehead atoms. The summed E-state index contributed by atoms with van der Waals surface area (Å²) < 4.78 is 57.7. The molecule has 2 amide bonds. The number of urea groups is 1. The van der Waals surface area contributed by atoms with Crippen LogP contribution >= 0.6 is 57.7 Å². The Kier molecular flexibility index (Phi) is 8.18. The number of halogens is 6. The number of carbonyl (C=O) groups is 1. The highest BCUT2D eigenvalue weighted by atomic mass is 35.5. The minimum Gasteiger partial charge on any atom is -0.331 e. The number of allylic oxidation sites excluding steroid dienone is 1. The van der Waals surface area contributed by atoms with Crippen molar-refractivity contribution in [2.75, 3.05) is 6.54 Å². The summed E-state index contributed by atoms with van der Waals surface area (Å²) in [5.41, 5.74) is 1.26. The summed E-state index contributed by atoms with van der Waals surface area (Å²) >= 11 is 24.4. The number of carbonyl (C=O) groups excluding carboxylic acids is 1. The molecule has 0 spiro atoms. The third kappa shape index (κ3) is 5.81. The van der Waals surface area contributed by atoms with Gasteiger partial charge in [0.25, 0.3) is 10.0 Å². The van der Waals surface area contributed by atoms with Gasteiger partial charge in [-0.05, 0) is 42.2 Å². The number of nitrogens with one attached hydrogen (secondary N) is 2. The lowest BCUT2D eigenvalue weighted by Gasteiger charge is -2.22. The lowest BCUT2D eigenvalue weighted by atomic mass is 9.90. The highest BCUT2D eigenvalue weighted by molar-refractivity contribution is 7.92. The molecule has 36 heavy (non-hydrogen) atoms. The Morgan fingerprint density at radius 1 is 1.19 bits per heavy atom. The van der Waals surface area contributed by atoms with E-state index in [-0.39, 0.29) is 37.8 Å². The molecule has 2 aromatic heterocycles. The molecule has 4 rings (SSSR count). The number of hydrogen-bond donors (Lipinski definition) is 2. The van der Waals surface area contributed by atoms with Gasteiger partial charge in [0.2, 0.25) is 0 Å². The van der Waals surface area contributed by atoms with E-state index in [9.17, 15) is 17.6 Å². The molecule has 0 radical (unpaired) electrons. The first-order chi connectivity index (χ1) is 17.0. The van der Waals surface area contributed by atoms with Gasteiger partial charge in [0, 0.05) is 15.6 Å². The molecule has 7 nitrogen and oxygen atoms in total. The highest BCUT2D eigenvalue weighted by Crippen LogP contribution is 2.37. The van der Waals surface area contributed by atoms with Gasteiger partial charge in [0.1, 0.15) is 20.5 Å². The number of thiophene rings is 1. The van der Waals surface area contributed by atoms with Crippen LogP contribution in [0.3, 0.4) is 0 Å². The van der Waals surface area contributed by atoms with Gasteiger partial charge in [-0.25, -0.2) is 26.7 Å². The Morgan fingerprint density at radius 3 is 2.61 bits per heavy atom. The molecule has 2 N–H and O–H groups in total. The SMILES string of the molecule is O=C(NCC(F)=C1c2c(cnn2Cc2ccc(Cl)cc2Cl)CCC1F)NS(=O)(=O)c1cc(Cl)c(Cl)s1. The van der Waals surface area contributed by atoms with Crippen molar-refractivity contribution in [1.82, 2.24) is 19.8 Å². The summed E-state index contributed by atoms with van der Waals surface area (Å²) in [6.07, 6.45) is 0.253. The van der Waals surface area contributed by atoms with Gasteiger partial charge >= 0.3 is 6.03 Å². The van der Waals surface area contributed by atoms with Crippen molar-refractivity contribution in [3.8, 4) is 0 Å². The van der Waals surface area contributed by atoms with Crippen LogP contribution in [-0.4, -0.2) is 36.9 Å². The van der Waals surface area contributed by atoms with E-state index in [4.69, 9.17) is 46.4 Å². The molecule has 192 valence electrons. The van der Waals surface area contributed by atoms with Gasteiger partial charge in [-0.1, -0.05) is 52.5 Å². The number of benzene rings is 1. The standard InChI is InChI=1S/C21H16Cl4F2N4O3S2/c22-12-3-1-11(13(23)5-12)9-31-19-10(7-29-31)2-4-15(26)18(19)16(27)8-28-21(32)30-36(33,34)17-6-14(24)20(25)35-17/h1,3,5-7,15H,2,4,8-9H2,(H2,28,30,32). The number of hydrogen-bond acceptors (Lipinski definition) is 5. The van der Waals surface area contributed by atoms with Crippen LogP contribution in [0.5, 0.6) is 0 Å². The van der Waals surface area contributed by atoms with Crippen LogP contribution in [0.4, 0.5) is 13.6 Å². The largest absolute Gasteiger partial charge is 0.331 e. The first kappa shape index (κ1) is 27.2. The Labute approximate surface area is 229 Å². The summed E-state index contributed by atoms with van der Waals surface area (Å²) in [4.78, 5) is 12.2. The summed E-state index contributed by atoms with van der Waals surface area (Å²) in [5, 5.41) is 7.19. The predicted octanol–water partition coefficient (Wildman–Crippen LogP) is 6.26. The lowest BCUT2D eigenvalue weighted by Crippen LogP contribution is -2.40. The normalized spacial score (nSPS) is 17.0. The van der Waals surface area contributed by atoms with Crippen molar-refractivity contribution in [3.05, 3.63) is 72.5 Å². The van der Waals surface area contributed by atoms with Gasteiger partial charge in [0.15, 0.2) is 0 Å². The van der Waals surface area contributed by atoms with Crippen molar-refractivity contribution in [2.45, 2.75) is 29.8 Å². The number of sulfonamides is 1. The van der Waals surface area contributed by atoms with E-state index in [0.29, 0.717) is 38.9 Å². The van der Waals surface area contributed by atoms with Crippen molar-refractivity contribution in [3.63, 3.8) is 0 Å². The molecular formula is C21H16Cl4F2N4O3S2. The monoisotopic (exact) mass is 614 g/mol. The summed E-state index contributed by atoms with van der Waals surface area (Å²) in [5.74, 6) is -0.970. The van der Waals surface area contributed by atoms with Crippen LogP contribution in [0.1, 0.15) is 23.2 Å². The Bertz CT molecular complexity index is 1450. The molecule has 2 heterocycles. The fraction of sp³-hybridized carbons (Fsp3) is 0.238. The second-order valence-corrected chi connectivity index (χ2v) is 12.5. The number of nitrogens with zero attached hydrogens (tertiary/aromatic N) is 2. The van der Waals surface area contributed by atoms with Gasteiger partial charge < -0.3 is 5.32 Å². The van der Waals surface area contributed by atoms with E-state index in [1.165, 1.54) is 10.9 Å². The summed E-state index contributed by atoms with van der Waals surface area (Å²) in [6, 6.07) is 4.76. The Hall–Kier alpha value is -1.89. The molecule has 1 atom stereocenters. The van der Waals surface area contributed by atoms with Crippen LogP contribution < -0.4 is 10.0 Å². The van der Waals surface area contributed by atoms with Gasteiger partial charge in [0.05, 0.1) is 30.0 Å². The van der Waals surface area contributed by atoms with Crippen LogP contribution in [0.15, 0.2) is 40.5 Å². The van der Waals surface area contributed by atoms with Gasteiger partial charge in [-0.15, -0.1) is 11.3 Å². The molecule has 0 fully saturated rings. The van der Waals surface area contributed by atoms with E-state index >= 15 is 4.39 Å². The molecule has 1 aliphatic rings. The molecule has 1 unspecified atom stereocenters. The van der Waals surface area contributed by atoms with Crippen LogP contribution in [0, 0.1) is 0 Å². The molecule has 1 aromatic carbocycles. The molecule has 3 aromatic rings. The zero-order chi connectivity index (χ0) is 26.2. The maximum absolute atomic E-state index is 15.2. The second kappa shape index (κ2) is 10.8. The van der Waals surface area contributed by atoms with Crippen LogP contribution in [0.2, 0.25) is 19.4 Å². The summed E-state index contributed by atoms with van der Waals surface area (Å²) in [6.45, 7) is -0.623. The molecule has 0 saturated heterocycles. The number of fused-ring (bicyclic) bond motifs is 1. The van der Waals surface area contributed by atoms with Gasteiger partial charge in [-0.2, -0.15) is 5.10 Å². The minimum absolute atomic E-state index is 0.0109. The molecular weight excluding hydrogens is 600 g/mol. The number of alkyl halides is 1. The first-order valence-electron chi connectivity index (χ1n) is 10.2. The van der Waals surface area contributed by atoms with Crippen LogP contribution in [0.25, 0.3) is 5.57 Å². The van der Waals surface area contributed by atoms with E-state index in [0.717, 1.165) is 6.07 Å². The molecule has 15 heteroatoms. The average Bonchev–Trinajstić information content (AvgIpc) is 3.37. The second-order valence-electron chi connectivity index (χ2n) is 7.71. The fourth-order valence-corrected chi connectivity index (χ4v) is 6.92. The zero-order valence-electron chi connectivity index (χ0n) is 18.0. The minimum atomic E-state index is -4.29. The highest BCUT2D eigenvalue weighted by Gasteiger charge is 2.31. The predicted molar refractivity (Wildman–Crippen MR) is 137 cm³/mol. The van der Waals surface area contributed by atoms with Gasteiger partial charge in [-0.3, -0.25) is 4.68 Å². The smallest absolute Gasteiger partial charge is 0.329 e. The Balaban J connectivity index is 1.54. The first-order valence-corrected chi connectivity index (χ1v) is 14.0. The quantitative estimate of drug-likeness (QED) is 0.342. The Morgan fingerprint density at radius 2 is 1.94 bits per heavy atom. The van der Waals surface area contributed by atoms with E-state index in [1.807, 2.05) is 0 Å². The molecule has 0 saturated carbocycles. The van der Waals surface area contributed by atoms with E-state index in [2.05, 4.69) is 10.4 Å². The number of amides is 2. The lowest BCUT2D eigenvalue weighted by molar-refractivity contribution is 0.246. The van der Waals surface area contributed by atoms with Crippen molar-refractivity contribution < 1.29 is 22.0 Å². The molecule has 1 aliphatic carbocycles. The number of aryl methyl sites for hydroxylation is 1. The fourth-order valence-electron chi connectivity index (χ4n) is 3.64.